The van der Waals surface area contributed by atoms with Crippen LogP contribution in [0.3, 0.4) is 0 Å². The highest BCUT2D eigenvalue weighted by molar-refractivity contribution is 6.31. The SMILES string of the molecule is CNCc1c(Cl)cccc1N(C)C(C)C. The maximum absolute atomic E-state index is 6.19. The van der Waals surface area contributed by atoms with E-state index in [0.29, 0.717) is 6.04 Å². The van der Waals surface area contributed by atoms with Gasteiger partial charge in [-0.3, -0.25) is 0 Å². The molecule has 0 radical (unpaired) electrons. The summed E-state index contributed by atoms with van der Waals surface area (Å²) in [4.78, 5) is 2.23. The van der Waals surface area contributed by atoms with Crippen molar-refractivity contribution < 1.29 is 0 Å². The third-order valence-electron chi connectivity index (χ3n) is 2.60. The first-order valence-electron chi connectivity index (χ1n) is 5.22. The maximum atomic E-state index is 6.19. The summed E-state index contributed by atoms with van der Waals surface area (Å²) in [6, 6.07) is 6.51. The Hall–Kier alpha value is -0.730. The first-order chi connectivity index (χ1) is 7.07. The quantitative estimate of drug-likeness (QED) is 0.850. The summed E-state index contributed by atoms with van der Waals surface area (Å²) in [5, 5.41) is 3.98. The van der Waals surface area contributed by atoms with Gasteiger partial charge >= 0.3 is 0 Å². The van der Waals surface area contributed by atoms with Gasteiger partial charge in [-0.15, -0.1) is 0 Å². The lowest BCUT2D eigenvalue weighted by atomic mass is 10.1. The van der Waals surface area contributed by atoms with Crippen molar-refractivity contribution in [2.45, 2.75) is 26.4 Å². The molecule has 2 nitrogen and oxygen atoms in total. The third kappa shape index (κ3) is 2.86. The van der Waals surface area contributed by atoms with Gasteiger partial charge in [-0.1, -0.05) is 17.7 Å². The molecular formula is C12H19ClN2. The fourth-order valence-corrected chi connectivity index (χ4v) is 1.74. The van der Waals surface area contributed by atoms with Crippen molar-refractivity contribution >= 4 is 17.3 Å². The average molecular weight is 227 g/mol. The standard InChI is InChI=1S/C12H19ClN2/c1-9(2)15(4)12-7-5-6-11(13)10(12)8-14-3/h5-7,9,14H,8H2,1-4H3. The summed E-state index contributed by atoms with van der Waals surface area (Å²) < 4.78 is 0. The summed E-state index contributed by atoms with van der Waals surface area (Å²) in [6.45, 7) is 5.14. The van der Waals surface area contributed by atoms with Gasteiger partial charge in [0.1, 0.15) is 0 Å². The van der Waals surface area contributed by atoms with Crippen molar-refractivity contribution in [3.63, 3.8) is 0 Å². The van der Waals surface area contributed by atoms with E-state index in [9.17, 15) is 0 Å². The Labute approximate surface area is 97.2 Å². The molecule has 0 atom stereocenters. The minimum absolute atomic E-state index is 0.471. The van der Waals surface area contributed by atoms with Gasteiger partial charge in [-0.25, -0.2) is 0 Å². The van der Waals surface area contributed by atoms with E-state index in [1.807, 2.05) is 19.2 Å². The molecule has 0 aliphatic carbocycles. The molecule has 84 valence electrons. The second kappa shape index (κ2) is 5.38. The van der Waals surface area contributed by atoms with Crippen LogP contribution in [0.4, 0.5) is 5.69 Å². The lowest BCUT2D eigenvalue weighted by Crippen LogP contribution is -2.27. The van der Waals surface area contributed by atoms with Crippen LogP contribution in [-0.2, 0) is 6.54 Å². The van der Waals surface area contributed by atoms with Crippen molar-refractivity contribution in [1.82, 2.24) is 5.32 Å². The van der Waals surface area contributed by atoms with Crippen molar-refractivity contribution in [1.29, 1.82) is 0 Å². The molecule has 0 saturated heterocycles. The van der Waals surface area contributed by atoms with Crippen LogP contribution in [0.25, 0.3) is 0 Å². The number of nitrogens with one attached hydrogen (secondary N) is 1. The van der Waals surface area contributed by atoms with Crippen LogP contribution in [-0.4, -0.2) is 20.1 Å². The van der Waals surface area contributed by atoms with Crippen LogP contribution in [0.15, 0.2) is 18.2 Å². The number of benzene rings is 1. The highest BCUT2D eigenvalue weighted by Gasteiger charge is 2.11. The molecule has 0 aromatic heterocycles. The zero-order valence-corrected chi connectivity index (χ0v) is 10.6. The molecule has 0 bridgehead atoms. The largest absolute Gasteiger partial charge is 0.372 e. The fourth-order valence-electron chi connectivity index (χ4n) is 1.51. The Morgan fingerprint density at radius 2 is 2.07 bits per heavy atom. The monoisotopic (exact) mass is 226 g/mol. The normalized spacial score (nSPS) is 10.8. The number of hydrogen-bond donors (Lipinski definition) is 1. The topological polar surface area (TPSA) is 15.3 Å². The molecule has 0 aliphatic rings. The van der Waals surface area contributed by atoms with Crippen LogP contribution in [0, 0.1) is 0 Å². The second-order valence-electron chi connectivity index (χ2n) is 3.97. The van der Waals surface area contributed by atoms with E-state index < -0.39 is 0 Å². The second-order valence-corrected chi connectivity index (χ2v) is 4.38. The van der Waals surface area contributed by atoms with Gasteiger partial charge in [0.2, 0.25) is 0 Å². The molecule has 0 amide bonds. The number of anilines is 1. The number of nitrogens with zero attached hydrogens (tertiary/aromatic N) is 1. The van der Waals surface area contributed by atoms with Crippen molar-refractivity contribution in [3.8, 4) is 0 Å². The zero-order valence-electron chi connectivity index (χ0n) is 9.84. The molecule has 1 N–H and O–H groups in total. The van der Waals surface area contributed by atoms with Crippen LogP contribution in [0.5, 0.6) is 0 Å². The highest BCUT2D eigenvalue weighted by atomic mass is 35.5. The van der Waals surface area contributed by atoms with Crippen molar-refractivity contribution in [2.75, 3.05) is 19.0 Å². The van der Waals surface area contributed by atoms with Crippen LogP contribution in [0.1, 0.15) is 19.4 Å². The zero-order chi connectivity index (χ0) is 11.4. The van der Waals surface area contributed by atoms with E-state index >= 15 is 0 Å². The van der Waals surface area contributed by atoms with Crippen LogP contribution < -0.4 is 10.2 Å². The van der Waals surface area contributed by atoms with E-state index in [1.54, 1.807) is 0 Å². The van der Waals surface area contributed by atoms with Gasteiger partial charge in [0.15, 0.2) is 0 Å². The lowest BCUT2D eigenvalue weighted by Gasteiger charge is -2.27. The van der Waals surface area contributed by atoms with E-state index in [-0.39, 0.29) is 0 Å². The van der Waals surface area contributed by atoms with Gasteiger partial charge in [0, 0.05) is 35.9 Å². The minimum atomic E-state index is 0.471. The molecule has 0 saturated carbocycles. The molecule has 0 heterocycles. The van der Waals surface area contributed by atoms with E-state index in [2.05, 4.69) is 37.2 Å². The Kier molecular flexibility index (Phi) is 4.43. The minimum Gasteiger partial charge on any atom is -0.372 e. The van der Waals surface area contributed by atoms with Crippen LogP contribution in [0.2, 0.25) is 5.02 Å². The van der Waals surface area contributed by atoms with Gasteiger partial charge in [0.25, 0.3) is 0 Å². The molecule has 1 aromatic carbocycles. The number of rotatable bonds is 4. The summed E-state index contributed by atoms with van der Waals surface area (Å²) in [6.07, 6.45) is 0. The van der Waals surface area contributed by atoms with E-state index in [0.717, 1.165) is 17.1 Å². The Morgan fingerprint density at radius 1 is 1.40 bits per heavy atom. The van der Waals surface area contributed by atoms with Gasteiger partial charge in [-0.05, 0) is 33.0 Å². The molecule has 1 aromatic rings. The first kappa shape index (κ1) is 12.3. The molecule has 0 fully saturated rings. The van der Waals surface area contributed by atoms with Crippen molar-refractivity contribution in [3.05, 3.63) is 28.8 Å². The molecule has 0 spiro atoms. The maximum Gasteiger partial charge on any atom is 0.0471 e. The first-order valence-corrected chi connectivity index (χ1v) is 5.60. The molecule has 0 unspecified atom stereocenters. The molecule has 15 heavy (non-hydrogen) atoms. The van der Waals surface area contributed by atoms with Crippen molar-refractivity contribution in [2.24, 2.45) is 0 Å². The van der Waals surface area contributed by atoms with Gasteiger partial charge < -0.3 is 10.2 Å². The predicted molar refractivity (Wildman–Crippen MR) is 67.8 cm³/mol. The molecule has 0 aliphatic heterocycles. The summed E-state index contributed by atoms with van der Waals surface area (Å²) in [7, 11) is 4.03. The smallest absolute Gasteiger partial charge is 0.0471 e. The Morgan fingerprint density at radius 3 is 2.60 bits per heavy atom. The molecule has 1 rings (SSSR count). The van der Waals surface area contributed by atoms with Gasteiger partial charge in [-0.2, -0.15) is 0 Å². The summed E-state index contributed by atoms with van der Waals surface area (Å²) >= 11 is 6.19. The number of hydrogen-bond acceptors (Lipinski definition) is 2. The van der Waals surface area contributed by atoms with E-state index in [1.165, 1.54) is 5.69 Å². The number of halogens is 1. The van der Waals surface area contributed by atoms with E-state index in [4.69, 9.17) is 11.6 Å². The predicted octanol–water partition coefficient (Wildman–Crippen LogP) is 2.90. The third-order valence-corrected chi connectivity index (χ3v) is 2.96. The van der Waals surface area contributed by atoms with Crippen LogP contribution >= 0.6 is 11.6 Å². The fraction of sp³-hybridized carbons (Fsp3) is 0.500. The summed E-state index contributed by atoms with van der Waals surface area (Å²) in [5.74, 6) is 0. The lowest BCUT2D eigenvalue weighted by molar-refractivity contribution is 0.739. The summed E-state index contributed by atoms with van der Waals surface area (Å²) in [5.41, 5.74) is 2.37. The molecular weight excluding hydrogens is 208 g/mol. The molecule has 3 heteroatoms. The Balaban J connectivity index is 3.10. The van der Waals surface area contributed by atoms with Gasteiger partial charge in [0.05, 0.1) is 0 Å². The highest BCUT2D eigenvalue weighted by Crippen LogP contribution is 2.27. The Bertz CT molecular complexity index is 323. The average Bonchev–Trinajstić information content (AvgIpc) is 2.20.